The van der Waals surface area contributed by atoms with Gasteiger partial charge in [-0.15, -0.1) is 11.3 Å². The molecule has 0 bridgehead atoms. The summed E-state index contributed by atoms with van der Waals surface area (Å²) in [5.74, 6) is 0.382. The molecule has 33 heavy (non-hydrogen) atoms. The highest BCUT2D eigenvalue weighted by atomic mass is 32.1. The van der Waals surface area contributed by atoms with Crippen LogP contribution in [0.15, 0.2) is 47.9 Å². The fourth-order valence-corrected chi connectivity index (χ4v) is 3.51. The minimum absolute atomic E-state index is 0.147. The first-order valence-electron chi connectivity index (χ1n) is 9.90. The van der Waals surface area contributed by atoms with Gasteiger partial charge < -0.3 is 24.3 Å². The Morgan fingerprint density at radius 1 is 1.06 bits per heavy atom. The van der Waals surface area contributed by atoms with E-state index in [2.05, 4.69) is 10.3 Å². The lowest BCUT2D eigenvalue weighted by Crippen LogP contribution is -2.13. The number of methoxy groups -OCH3 is 3. The molecule has 1 heterocycles. The van der Waals surface area contributed by atoms with Crippen molar-refractivity contribution in [1.29, 1.82) is 0 Å². The van der Waals surface area contributed by atoms with Crippen molar-refractivity contribution < 1.29 is 28.5 Å². The van der Waals surface area contributed by atoms with Crippen LogP contribution in [0.25, 0.3) is 6.08 Å². The fraction of sp³-hybridized carbons (Fsp3) is 0.208. The molecule has 0 aliphatic heterocycles. The van der Waals surface area contributed by atoms with E-state index in [1.807, 2.05) is 36.6 Å². The normalized spacial score (nSPS) is 10.7. The Hall–Kier alpha value is -3.85. The Balaban J connectivity index is 1.66. The molecule has 1 amide bonds. The third kappa shape index (κ3) is 6.33. The molecular weight excluding hydrogens is 444 g/mol. The molecule has 8 nitrogen and oxygen atoms in total. The molecule has 3 aromatic rings. The second-order valence-electron chi connectivity index (χ2n) is 6.78. The number of hydrogen-bond acceptors (Lipinski definition) is 8. The Bertz CT molecular complexity index is 1150. The van der Waals surface area contributed by atoms with E-state index in [1.54, 1.807) is 17.4 Å². The molecule has 0 fully saturated rings. The second kappa shape index (κ2) is 11.1. The maximum Gasteiger partial charge on any atom is 0.340 e. The lowest BCUT2D eigenvalue weighted by molar-refractivity contribution is -0.111. The summed E-state index contributed by atoms with van der Waals surface area (Å²) < 4.78 is 21.0. The smallest absolute Gasteiger partial charge is 0.340 e. The van der Waals surface area contributed by atoms with Crippen molar-refractivity contribution in [2.45, 2.75) is 13.5 Å². The van der Waals surface area contributed by atoms with Gasteiger partial charge in [-0.3, -0.25) is 4.79 Å². The van der Waals surface area contributed by atoms with Gasteiger partial charge in [0.15, 0.2) is 11.5 Å². The third-order valence-electron chi connectivity index (χ3n) is 4.55. The van der Waals surface area contributed by atoms with Crippen LogP contribution in [0.3, 0.4) is 0 Å². The molecule has 0 aliphatic carbocycles. The number of nitrogens with one attached hydrogen (secondary N) is 1. The van der Waals surface area contributed by atoms with E-state index in [9.17, 15) is 9.59 Å². The predicted molar refractivity (Wildman–Crippen MR) is 126 cm³/mol. The summed E-state index contributed by atoms with van der Waals surface area (Å²) in [7, 11) is 4.18. The Labute approximate surface area is 195 Å². The highest BCUT2D eigenvalue weighted by molar-refractivity contribution is 7.09. The number of amides is 1. The monoisotopic (exact) mass is 468 g/mol. The van der Waals surface area contributed by atoms with Gasteiger partial charge in [0, 0.05) is 23.6 Å². The van der Waals surface area contributed by atoms with Gasteiger partial charge >= 0.3 is 5.97 Å². The SMILES string of the molecule is COC(=O)c1cc(OC)c(OC)cc1NC(=O)/C=C/c1ccc(OCc2csc(C)n2)cc1. The standard InChI is InChI=1S/C24H24N2O6S/c1-15-25-17(14-33-15)13-32-18-8-5-16(6-9-18)7-10-23(27)26-20-12-22(30-3)21(29-2)11-19(20)24(28)31-4/h5-12,14H,13H2,1-4H3,(H,26,27)/b10-7+. The first-order chi connectivity index (χ1) is 15.9. The van der Waals surface area contributed by atoms with E-state index in [1.165, 1.54) is 39.5 Å². The summed E-state index contributed by atoms with van der Waals surface area (Å²) in [6.45, 7) is 2.35. The number of rotatable bonds is 9. The van der Waals surface area contributed by atoms with Crippen molar-refractivity contribution in [3.05, 3.63) is 69.7 Å². The van der Waals surface area contributed by atoms with Gasteiger partial charge in [-0.1, -0.05) is 12.1 Å². The quantitative estimate of drug-likeness (QED) is 0.365. The number of aromatic nitrogens is 1. The molecule has 3 rings (SSSR count). The first-order valence-corrected chi connectivity index (χ1v) is 10.8. The number of anilines is 1. The number of ether oxygens (including phenoxy) is 4. The van der Waals surface area contributed by atoms with E-state index >= 15 is 0 Å². The molecule has 1 aromatic heterocycles. The predicted octanol–water partition coefficient (Wildman–Crippen LogP) is 4.49. The number of carbonyl (C=O) groups is 2. The maximum absolute atomic E-state index is 12.5. The summed E-state index contributed by atoms with van der Waals surface area (Å²) in [6, 6.07) is 10.3. The Morgan fingerprint density at radius 3 is 2.36 bits per heavy atom. The molecule has 0 aliphatic rings. The summed E-state index contributed by atoms with van der Waals surface area (Å²) >= 11 is 1.58. The van der Waals surface area contributed by atoms with Crippen molar-refractivity contribution in [2.24, 2.45) is 0 Å². The van der Waals surface area contributed by atoms with E-state index in [4.69, 9.17) is 18.9 Å². The maximum atomic E-state index is 12.5. The molecule has 0 radical (unpaired) electrons. The van der Waals surface area contributed by atoms with Crippen LogP contribution in [0.2, 0.25) is 0 Å². The van der Waals surface area contributed by atoms with Crippen LogP contribution < -0.4 is 19.5 Å². The topological polar surface area (TPSA) is 96.0 Å². The van der Waals surface area contributed by atoms with Crippen LogP contribution in [0, 0.1) is 6.92 Å². The summed E-state index contributed by atoms with van der Waals surface area (Å²) in [6.07, 6.45) is 3.02. The molecule has 0 unspecified atom stereocenters. The highest BCUT2D eigenvalue weighted by Crippen LogP contribution is 2.33. The average molecular weight is 469 g/mol. The van der Waals surface area contributed by atoms with E-state index < -0.39 is 11.9 Å². The highest BCUT2D eigenvalue weighted by Gasteiger charge is 2.18. The number of benzene rings is 2. The van der Waals surface area contributed by atoms with Gasteiger partial charge in [0.2, 0.25) is 5.91 Å². The van der Waals surface area contributed by atoms with Gasteiger partial charge in [-0.25, -0.2) is 9.78 Å². The van der Waals surface area contributed by atoms with Crippen LogP contribution in [0.1, 0.15) is 26.6 Å². The largest absolute Gasteiger partial charge is 0.493 e. The zero-order valence-electron chi connectivity index (χ0n) is 18.7. The number of aryl methyl sites for hydroxylation is 1. The van der Waals surface area contributed by atoms with Crippen molar-refractivity contribution >= 4 is 35.0 Å². The Kier molecular flexibility index (Phi) is 8.04. The number of esters is 1. The zero-order valence-corrected chi connectivity index (χ0v) is 19.5. The van der Waals surface area contributed by atoms with Crippen LogP contribution >= 0.6 is 11.3 Å². The van der Waals surface area contributed by atoms with Crippen LogP contribution in [-0.2, 0) is 16.1 Å². The summed E-state index contributed by atoms with van der Waals surface area (Å²) in [5.41, 5.74) is 2.09. The molecule has 0 saturated heterocycles. The van der Waals surface area contributed by atoms with Gasteiger partial charge in [-0.2, -0.15) is 0 Å². The molecule has 9 heteroatoms. The minimum atomic E-state index is -0.612. The molecule has 2 aromatic carbocycles. The van der Waals surface area contributed by atoms with E-state index in [-0.39, 0.29) is 11.3 Å². The van der Waals surface area contributed by atoms with Gasteiger partial charge in [0.25, 0.3) is 0 Å². The summed E-state index contributed by atoms with van der Waals surface area (Å²) in [5, 5.41) is 5.65. The molecule has 0 atom stereocenters. The molecule has 0 saturated carbocycles. The zero-order chi connectivity index (χ0) is 23.8. The van der Waals surface area contributed by atoms with Crippen molar-refractivity contribution in [2.75, 3.05) is 26.6 Å². The minimum Gasteiger partial charge on any atom is -0.493 e. The van der Waals surface area contributed by atoms with Gasteiger partial charge in [0.05, 0.1) is 43.3 Å². The van der Waals surface area contributed by atoms with Gasteiger partial charge in [0.1, 0.15) is 12.4 Å². The number of hydrogen-bond donors (Lipinski definition) is 1. The van der Waals surface area contributed by atoms with Gasteiger partial charge in [-0.05, 0) is 30.7 Å². The fourth-order valence-electron chi connectivity index (χ4n) is 2.91. The van der Waals surface area contributed by atoms with Crippen LogP contribution in [0.4, 0.5) is 5.69 Å². The van der Waals surface area contributed by atoms with Crippen molar-refractivity contribution in [1.82, 2.24) is 4.98 Å². The molecule has 0 spiro atoms. The number of carbonyl (C=O) groups excluding carboxylic acids is 2. The number of thiazole rings is 1. The van der Waals surface area contributed by atoms with E-state index in [0.29, 0.717) is 23.9 Å². The number of nitrogens with zero attached hydrogens (tertiary/aromatic N) is 1. The lowest BCUT2D eigenvalue weighted by atomic mass is 10.1. The third-order valence-corrected chi connectivity index (χ3v) is 5.37. The molecular formula is C24H24N2O6S. The van der Waals surface area contributed by atoms with E-state index in [0.717, 1.165) is 16.3 Å². The lowest BCUT2D eigenvalue weighted by Gasteiger charge is -2.14. The van der Waals surface area contributed by atoms with Crippen LogP contribution in [0.5, 0.6) is 17.2 Å². The Morgan fingerprint density at radius 2 is 1.76 bits per heavy atom. The molecule has 172 valence electrons. The van der Waals surface area contributed by atoms with Crippen LogP contribution in [-0.4, -0.2) is 38.2 Å². The van der Waals surface area contributed by atoms with Crippen molar-refractivity contribution in [3.63, 3.8) is 0 Å². The summed E-state index contributed by atoms with van der Waals surface area (Å²) in [4.78, 5) is 29.0. The first kappa shape index (κ1) is 23.8. The molecule has 1 N–H and O–H groups in total. The van der Waals surface area contributed by atoms with Crippen molar-refractivity contribution in [3.8, 4) is 17.2 Å². The average Bonchev–Trinajstić information content (AvgIpc) is 3.26. The second-order valence-corrected chi connectivity index (χ2v) is 7.84.